The van der Waals surface area contributed by atoms with Crippen LogP contribution in [0.4, 0.5) is 0 Å². The van der Waals surface area contributed by atoms with Gasteiger partial charge in [0, 0.05) is 22.3 Å². The Balaban J connectivity index is 2.07. The van der Waals surface area contributed by atoms with Gasteiger partial charge < -0.3 is 4.74 Å². The summed E-state index contributed by atoms with van der Waals surface area (Å²) in [5.41, 5.74) is 1.20. The first kappa shape index (κ1) is 11.8. The SMILES string of the molecule is CC(C)=COCCC1CCS(=O)CC1. The molecule has 0 N–H and O–H groups in total. The van der Waals surface area contributed by atoms with Crippen LogP contribution in [0.25, 0.3) is 0 Å². The van der Waals surface area contributed by atoms with Crippen LogP contribution in [-0.4, -0.2) is 22.3 Å². The van der Waals surface area contributed by atoms with Crippen molar-refractivity contribution in [3.8, 4) is 0 Å². The molecule has 0 spiro atoms. The van der Waals surface area contributed by atoms with E-state index in [0.717, 1.165) is 43.3 Å². The van der Waals surface area contributed by atoms with Gasteiger partial charge >= 0.3 is 0 Å². The van der Waals surface area contributed by atoms with Gasteiger partial charge in [-0.2, -0.15) is 0 Å². The Kier molecular flexibility index (Phi) is 5.23. The molecule has 0 aromatic carbocycles. The van der Waals surface area contributed by atoms with Crippen LogP contribution in [0.2, 0.25) is 0 Å². The lowest BCUT2D eigenvalue weighted by atomic mass is 10.00. The lowest BCUT2D eigenvalue weighted by Crippen LogP contribution is -2.19. The summed E-state index contributed by atoms with van der Waals surface area (Å²) in [5, 5.41) is 0. The van der Waals surface area contributed by atoms with E-state index in [1.54, 1.807) is 0 Å². The van der Waals surface area contributed by atoms with Crippen molar-refractivity contribution in [3.63, 3.8) is 0 Å². The summed E-state index contributed by atoms with van der Waals surface area (Å²) in [4.78, 5) is 0. The van der Waals surface area contributed by atoms with E-state index in [4.69, 9.17) is 4.74 Å². The van der Waals surface area contributed by atoms with Crippen LogP contribution in [0.1, 0.15) is 33.1 Å². The summed E-state index contributed by atoms with van der Waals surface area (Å²) in [5.74, 6) is 2.53. The van der Waals surface area contributed by atoms with E-state index >= 15 is 0 Å². The molecule has 0 bridgehead atoms. The van der Waals surface area contributed by atoms with Crippen molar-refractivity contribution in [1.82, 2.24) is 0 Å². The monoisotopic (exact) mass is 216 g/mol. The van der Waals surface area contributed by atoms with E-state index < -0.39 is 10.8 Å². The predicted octanol–water partition coefficient (Wildman–Crippen LogP) is 2.48. The third-order valence-corrected chi connectivity index (χ3v) is 3.85. The van der Waals surface area contributed by atoms with Gasteiger partial charge in [0.25, 0.3) is 0 Å². The first-order valence-corrected chi connectivity index (χ1v) is 6.77. The highest BCUT2D eigenvalue weighted by atomic mass is 32.2. The summed E-state index contributed by atoms with van der Waals surface area (Å²) >= 11 is 0. The van der Waals surface area contributed by atoms with Crippen molar-refractivity contribution < 1.29 is 8.95 Å². The zero-order valence-electron chi connectivity index (χ0n) is 9.12. The Morgan fingerprint density at radius 3 is 2.64 bits per heavy atom. The van der Waals surface area contributed by atoms with Gasteiger partial charge in [-0.1, -0.05) is 0 Å². The molecule has 1 aliphatic rings. The average Bonchev–Trinajstić information content (AvgIpc) is 2.15. The second kappa shape index (κ2) is 6.23. The fourth-order valence-corrected chi connectivity index (χ4v) is 2.99. The Morgan fingerprint density at radius 1 is 1.43 bits per heavy atom. The molecule has 0 aromatic heterocycles. The Labute approximate surface area is 89.2 Å². The van der Waals surface area contributed by atoms with Crippen molar-refractivity contribution in [2.24, 2.45) is 5.92 Å². The summed E-state index contributed by atoms with van der Waals surface area (Å²) in [6.07, 6.45) is 5.16. The van der Waals surface area contributed by atoms with Gasteiger partial charge in [-0.05, 0) is 44.6 Å². The first-order chi connectivity index (χ1) is 6.68. The molecule has 0 aliphatic carbocycles. The topological polar surface area (TPSA) is 26.3 Å². The van der Waals surface area contributed by atoms with Gasteiger partial charge in [0.15, 0.2) is 0 Å². The third-order valence-electron chi connectivity index (χ3n) is 2.47. The highest BCUT2D eigenvalue weighted by molar-refractivity contribution is 7.85. The van der Waals surface area contributed by atoms with Crippen LogP contribution in [0.15, 0.2) is 11.8 Å². The molecule has 14 heavy (non-hydrogen) atoms. The molecule has 1 fully saturated rings. The van der Waals surface area contributed by atoms with E-state index in [0.29, 0.717) is 0 Å². The summed E-state index contributed by atoms with van der Waals surface area (Å²) in [6, 6.07) is 0. The maximum atomic E-state index is 11.1. The minimum absolute atomic E-state index is 0.528. The van der Waals surface area contributed by atoms with Gasteiger partial charge in [0.2, 0.25) is 0 Å². The quantitative estimate of drug-likeness (QED) is 0.533. The lowest BCUT2D eigenvalue weighted by molar-refractivity contribution is 0.215. The minimum atomic E-state index is -0.528. The molecule has 0 radical (unpaired) electrons. The van der Waals surface area contributed by atoms with Crippen molar-refractivity contribution >= 4 is 10.8 Å². The number of ether oxygens (including phenoxy) is 1. The molecule has 0 atom stereocenters. The van der Waals surface area contributed by atoms with E-state index in [2.05, 4.69) is 0 Å². The van der Waals surface area contributed by atoms with Crippen LogP contribution in [0, 0.1) is 5.92 Å². The maximum absolute atomic E-state index is 11.1. The summed E-state index contributed by atoms with van der Waals surface area (Å²) < 4.78 is 16.5. The average molecular weight is 216 g/mol. The minimum Gasteiger partial charge on any atom is -0.501 e. The molecule has 0 amide bonds. The van der Waals surface area contributed by atoms with Gasteiger partial charge in [-0.15, -0.1) is 0 Å². The van der Waals surface area contributed by atoms with E-state index in [-0.39, 0.29) is 0 Å². The lowest BCUT2D eigenvalue weighted by Gasteiger charge is -2.20. The fourth-order valence-electron chi connectivity index (χ4n) is 1.59. The molecule has 0 aromatic rings. The fraction of sp³-hybridized carbons (Fsp3) is 0.818. The number of hydrogen-bond donors (Lipinski definition) is 0. The van der Waals surface area contributed by atoms with Crippen molar-refractivity contribution in [3.05, 3.63) is 11.8 Å². The first-order valence-electron chi connectivity index (χ1n) is 5.28. The molecule has 0 unspecified atom stereocenters. The van der Waals surface area contributed by atoms with Gasteiger partial charge in [0.05, 0.1) is 12.9 Å². The zero-order chi connectivity index (χ0) is 10.4. The Bertz CT molecular complexity index is 209. The largest absolute Gasteiger partial charge is 0.501 e. The van der Waals surface area contributed by atoms with Crippen molar-refractivity contribution in [1.29, 1.82) is 0 Å². The van der Waals surface area contributed by atoms with Crippen LogP contribution in [0.5, 0.6) is 0 Å². The molecule has 82 valence electrons. The number of rotatable bonds is 4. The van der Waals surface area contributed by atoms with Crippen LogP contribution in [0.3, 0.4) is 0 Å². The standard InChI is InChI=1S/C11H20O2S/c1-10(2)9-13-6-3-11-4-7-14(12)8-5-11/h9,11H,3-8H2,1-2H3. The molecule has 0 saturated carbocycles. The second-order valence-electron chi connectivity index (χ2n) is 4.15. The van der Waals surface area contributed by atoms with E-state index in [1.807, 2.05) is 20.1 Å². The predicted molar refractivity (Wildman–Crippen MR) is 60.6 cm³/mol. The highest BCUT2D eigenvalue weighted by Gasteiger charge is 2.17. The second-order valence-corrected chi connectivity index (χ2v) is 5.84. The molecule has 1 rings (SSSR count). The Morgan fingerprint density at radius 2 is 2.07 bits per heavy atom. The van der Waals surface area contributed by atoms with Crippen LogP contribution < -0.4 is 0 Å². The van der Waals surface area contributed by atoms with Gasteiger partial charge in [0.1, 0.15) is 0 Å². The van der Waals surface area contributed by atoms with E-state index in [1.165, 1.54) is 5.57 Å². The Hall–Kier alpha value is -0.310. The number of hydrogen-bond acceptors (Lipinski definition) is 2. The van der Waals surface area contributed by atoms with Crippen LogP contribution >= 0.6 is 0 Å². The third kappa shape index (κ3) is 4.80. The molecule has 3 heteroatoms. The summed E-state index contributed by atoms with van der Waals surface area (Å²) in [7, 11) is -0.528. The molecular formula is C11H20O2S. The van der Waals surface area contributed by atoms with E-state index in [9.17, 15) is 4.21 Å². The molecular weight excluding hydrogens is 196 g/mol. The molecule has 1 heterocycles. The zero-order valence-corrected chi connectivity index (χ0v) is 9.94. The van der Waals surface area contributed by atoms with Gasteiger partial charge in [-0.3, -0.25) is 4.21 Å². The smallest absolute Gasteiger partial charge is 0.0875 e. The number of allylic oxidation sites excluding steroid dienone is 1. The van der Waals surface area contributed by atoms with Crippen molar-refractivity contribution in [2.45, 2.75) is 33.1 Å². The van der Waals surface area contributed by atoms with Gasteiger partial charge in [-0.25, -0.2) is 0 Å². The van der Waals surface area contributed by atoms with Crippen molar-refractivity contribution in [2.75, 3.05) is 18.1 Å². The highest BCUT2D eigenvalue weighted by Crippen LogP contribution is 2.19. The molecule has 1 saturated heterocycles. The van der Waals surface area contributed by atoms with Crippen LogP contribution in [-0.2, 0) is 15.5 Å². The maximum Gasteiger partial charge on any atom is 0.0875 e. The normalized spacial score (nSPS) is 27.0. The summed E-state index contributed by atoms with van der Waals surface area (Å²) in [6.45, 7) is 4.87. The molecule has 1 aliphatic heterocycles. The molecule has 2 nitrogen and oxygen atoms in total.